The Morgan fingerprint density at radius 3 is 3.00 bits per heavy atom. The van der Waals surface area contributed by atoms with Gasteiger partial charge in [-0.25, -0.2) is 4.98 Å². The summed E-state index contributed by atoms with van der Waals surface area (Å²) in [6, 6.07) is 0. The average Bonchev–Trinajstić information content (AvgIpc) is 2.49. The number of rotatable bonds is 5. The van der Waals surface area contributed by atoms with Gasteiger partial charge >= 0.3 is 0 Å². The van der Waals surface area contributed by atoms with E-state index < -0.39 is 0 Å². The molecule has 0 fully saturated rings. The minimum Gasteiger partial charge on any atom is -0.316 e. The summed E-state index contributed by atoms with van der Waals surface area (Å²) in [5.74, 6) is 1.77. The molecule has 1 rings (SSSR count). The predicted molar refractivity (Wildman–Crippen MR) is 58.4 cm³/mol. The molecule has 0 aliphatic rings. The molecule has 1 aromatic rings. The molecule has 1 heterocycles. The summed E-state index contributed by atoms with van der Waals surface area (Å²) in [7, 11) is 1.92. The predicted octanol–water partition coefficient (Wildman–Crippen LogP) is 1.71. The zero-order chi connectivity index (χ0) is 9.68. The zero-order valence-corrected chi connectivity index (χ0v) is 9.47. The lowest BCUT2D eigenvalue weighted by molar-refractivity contribution is 0.885. The zero-order valence-electron chi connectivity index (χ0n) is 7.83. The molecule has 5 heteroatoms. The molecule has 0 aliphatic carbocycles. The minimum absolute atomic E-state index is 0.853. The van der Waals surface area contributed by atoms with Crippen molar-refractivity contribution in [2.75, 3.05) is 19.3 Å². The number of nitrogens with one attached hydrogen (secondary N) is 1. The minimum atomic E-state index is 0.853. The van der Waals surface area contributed by atoms with Gasteiger partial charge in [-0.15, -0.1) is 0 Å². The van der Waals surface area contributed by atoms with Crippen LogP contribution in [0.5, 0.6) is 0 Å². The molecule has 0 radical (unpaired) electrons. The Balaban J connectivity index is 2.30. The van der Waals surface area contributed by atoms with Gasteiger partial charge in [0.1, 0.15) is 5.82 Å². The van der Waals surface area contributed by atoms with Crippen LogP contribution in [0.15, 0.2) is 16.5 Å². The third kappa shape index (κ3) is 3.89. The van der Waals surface area contributed by atoms with Crippen LogP contribution in [0.4, 0.5) is 0 Å². The normalized spacial score (nSPS) is 10.3. The molecule has 0 amide bonds. The second-order valence-electron chi connectivity index (χ2n) is 2.68. The second-order valence-corrected chi connectivity index (χ2v) is 4.65. The molecule has 0 aliphatic heterocycles. The SMILES string of the molecule is C=C(CNC)CSc1nc(C)ns1. The Morgan fingerprint density at radius 2 is 2.46 bits per heavy atom. The quantitative estimate of drug-likeness (QED) is 0.599. The van der Waals surface area contributed by atoms with Gasteiger partial charge in [-0.1, -0.05) is 23.9 Å². The molecular weight excluding hydrogens is 202 g/mol. The van der Waals surface area contributed by atoms with Gasteiger partial charge in [0.05, 0.1) is 0 Å². The number of nitrogens with zero attached hydrogens (tertiary/aromatic N) is 2. The van der Waals surface area contributed by atoms with Crippen LogP contribution >= 0.6 is 23.3 Å². The van der Waals surface area contributed by atoms with Crippen LogP contribution < -0.4 is 5.32 Å². The highest BCUT2D eigenvalue weighted by molar-refractivity contribution is 8.01. The van der Waals surface area contributed by atoms with Crippen molar-refractivity contribution < 1.29 is 0 Å². The molecule has 0 aromatic carbocycles. The lowest BCUT2D eigenvalue weighted by Crippen LogP contribution is -2.10. The molecule has 0 spiro atoms. The van der Waals surface area contributed by atoms with Gasteiger partial charge in [-0.05, 0) is 25.5 Å². The molecule has 0 atom stereocenters. The smallest absolute Gasteiger partial charge is 0.170 e. The Hall–Kier alpha value is -0.390. The summed E-state index contributed by atoms with van der Waals surface area (Å²) in [5.41, 5.74) is 1.18. The molecule has 1 aromatic heterocycles. The molecule has 0 bridgehead atoms. The lowest BCUT2D eigenvalue weighted by atomic mass is 10.3. The molecule has 13 heavy (non-hydrogen) atoms. The highest BCUT2D eigenvalue weighted by Gasteiger charge is 2.01. The maximum atomic E-state index is 4.25. The molecule has 3 nitrogen and oxygen atoms in total. The fourth-order valence-electron chi connectivity index (χ4n) is 0.801. The van der Waals surface area contributed by atoms with Crippen molar-refractivity contribution in [3.63, 3.8) is 0 Å². The lowest BCUT2D eigenvalue weighted by Gasteiger charge is -2.01. The van der Waals surface area contributed by atoms with Gasteiger partial charge in [0.25, 0.3) is 0 Å². The Morgan fingerprint density at radius 1 is 1.69 bits per heavy atom. The van der Waals surface area contributed by atoms with Crippen molar-refractivity contribution in [1.29, 1.82) is 0 Å². The third-order valence-corrected chi connectivity index (χ3v) is 3.41. The number of hydrogen-bond acceptors (Lipinski definition) is 5. The number of likely N-dealkylation sites (N-methyl/N-ethyl adjacent to an activating group) is 1. The van der Waals surface area contributed by atoms with E-state index >= 15 is 0 Å². The van der Waals surface area contributed by atoms with Gasteiger partial charge in [-0.2, -0.15) is 4.37 Å². The largest absolute Gasteiger partial charge is 0.316 e. The van der Waals surface area contributed by atoms with Crippen molar-refractivity contribution in [3.8, 4) is 0 Å². The van der Waals surface area contributed by atoms with E-state index in [9.17, 15) is 0 Å². The number of hydrogen-bond donors (Lipinski definition) is 1. The van der Waals surface area contributed by atoms with Crippen LogP contribution in [0.3, 0.4) is 0 Å². The average molecular weight is 215 g/mol. The summed E-state index contributed by atoms with van der Waals surface area (Å²) in [4.78, 5) is 4.25. The highest BCUT2D eigenvalue weighted by atomic mass is 32.2. The van der Waals surface area contributed by atoms with E-state index in [1.807, 2.05) is 14.0 Å². The molecule has 0 unspecified atom stereocenters. The van der Waals surface area contributed by atoms with Gasteiger partial charge in [0.15, 0.2) is 4.34 Å². The van der Waals surface area contributed by atoms with Gasteiger partial charge in [0.2, 0.25) is 0 Å². The van der Waals surface area contributed by atoms with Gasteiger partial charge < -0.3 is 5.32 Å². The summed E-state index contributed by atoms with van der Waals surface area (Å²) >= 11 is 3.14. The molecule has 0 saturated carbocycles. The van der Waals surface area contributed by atoms with E-state index in [2.05, 4.69) is 21.3 Å². The van der Waals surface area contributed by atoms with Gasteiger partial charge in [-0.3, -0.25) is 0 Å². The monoisotopic (exact) mass is 215 g/mol. The van der Waals surface area contributed by atoms with Crippen LogP contribution in [0.1, 0.15) is 5.82 Å². The Kier molecular flexibility index (Phi) is 4.41. The van der Waals surface area contributed by atoms with Crippen LogP contribution in [0.25, 0.3) is 0 Å². The van der Waals surface area contributed by atoms with Crippen molar-refractivity contribution in [2.45, 2.75) is 11.3 Å². The van der Waals surface area contributed by atoms with E-state index in [1.165, 1.54) is 17.1 Å². The van der Waals surface area contributed by atoms with Crippen LogP contribution in [-0.4, -0.2) is 28.7 Å². The topological polar surface area (TPSA) is 37.8 Å². The van der Waals surface area contributed by atoms with Crippen LogP contribution in [-0.2, 0) is 0 Å². The van der Waals surface area contributed by atoms with E-state index in [0.29, 0.717) is 0 Å². The molecule has 0 saturated heterocycles. The summed E-state index contributed by atoms with van der Waals surface area (Å²) in [5, 5.41) is 3.06. The molecule has 72 valence electrons. The fraction of sp³-hybridized carbons (Fsp3) is 0.500. The number of aromatic nitrogens is 2. The fourth-order valence-corrected chi connectivity index (χ4v) is 2.35. The Bertz CT molecular complexity index is 283. The van der Waals surface area contributed by atoms with E-state index in [4.69, 9.17) is 0 Å². The van der Waals surface area contributed by atoms with E-state index in [0.717, 1.165) is 22.5 Å². The molecule has 1 N–H and O–H groups in total. The molecular formula is C8H13N3S2. The first-order valence-corrected chi connectivity index (χ1v) is 5.72. The van der Waals surface area contributed by atoms with Gasteiger partial charge in [0, 0.05) is 12.3 Å². The second kappa shape index (κ2) is 5.36. The standard InChI is InChI=1S/C8H13N3S2/c1-6(4-9-3)5-12-8-10-7(2)11-13-8/h9H,1,4-5H2,2-3H3. The first kappa shape index (κ1) is 10.7. The number of thioether (sulfide) groups is 1. The maximum absolute atomic E-state index is 4.25. The first-order valence-electron chi connectivity index (χ1n) is 3.96. The number of aryl methyl sites for hydroxylation is 1. The van der Waals surface area contributed by atoms with E-state index in [-0.39, 0.29) is 0 Å². The first-order chi connectivity index (χ1) is 6.22. The third-order valence-electron chi connectivity index (χ3n) is 1.34. The van der Waals surface area contributed by atoms with E-state index in [1.54, 1.807) is 11.8 Å². The van der Waals surface area contributed by atoms with Crippen LogP contribution in [0.2, 0.25) is 0 Å². The van der Waals surface area contributed by atoms with Crippen molar-refractivity contribution >= 4 is 23.3 Å². The summed E-state index contributed by atoms with van der Waals surface area (Å²) < 4.78 is 5.13. The highest BCUT2D eigenvalue weighted by Crippen LogP contribution is 2.21. The summed E-state index contributed by atoms with van der Waals surface area (Å²) in [6.45, 7) is 6.71. The Labute approximate surface area is 86.8 Å². The maximum Gasteiger partial charge on any atom is 0.170 e. The van der Waals surface area contributed by atoms with Crippen LogP contribution in [0, 0.1) is 6.92 Å². The van der Waals surface area contributed by atoms with Crippen molar-refractivity contribution in [2.24, 2.45) is 0 Å². The van der Waals surface area contributed by atoms with Crippen molar-refractivity contribution in [3.05, 3.63) is 18.0 Å². The summed E-state index contributed by atoms with van der Waals surface area (Å²) in [6.07, 6.45) is 0. The van der Waals surface area contributed by atoms with Crippen molar-refractivity contribution in [1.82, 2.24) is 14.7 Å².